The van der Waals surface area contributed by atoms with Gasteiger partial charge in [0, 0.05) is 36.5 Å². The molecule has 0 aromatic rings. The van der Waals surface area contributed by atoms with Gasteiger partial charge in [0.05, 0.1) is 0 Å². The predicted octanol–water partition coefficient (Wildman–Crippen LogP) is -2.33. The molecule has 3 heterocycles. The second kappa shape index (κ2) is 7.20. The SMILES string of the molecule is O=C1C=CC(=O)OC(C2(C3(CO)OC(=O)C=CC(=O)O3)OC(=O)C=CC(=O)O2)O1. The molecule has 0 aromatic heterocycles. The third-order valence-electron chi connectivity index (χ3n) is 3.60. The highest BCUT2D eigenvalue weighted by molar-refractivity contribution is 5.96. The average molecular weight is 410 g/mol. The van der Waals surface area contributed by atoms with Crippen molar-refractivity contribution in [1.82, 2.24) is 0 Å². The Hall–Kier alpha value is -4.00. The Bertz CT molecular complexity index is 832. The monoisotopic (exact) mass is 410 g/mol. The summed E-state index contributed by atoms with van der Waals surface area (Å²) >= 11 is 0. The maximum Gasteiger partial charge on any atom is 0.414 e. The van der Waals surface area contributed by atoms with Gasteiger partial charge >= 0.3 is 53.7 Å². The lowest BCUT2D eigenvalue weighted by molar-refractivity contribution is -0.412. The topological polar surface area (TPSA) is 178 Å². The summed E-state index contributed by atoms with van der Waals surface area (Å²) in [5.74, 6) is -14.2. The van der Waals surface area contributed by atoms with E-state index in [4.69, 9.17) is 28.4 Å². The van der Waals surface area contributed by atoms with Crippen molar-refractivity contribution >= 4 is 35.8 Å². The van der Waals surface area contributed by atoms with Crippen molar-refractivity contribution in [1.29, 1.82) is 0 Å². The summed E-state index contributed by atoms with van der Waals surface area (Å²) in [6, 6.07) is 0. The first-order valence-corrected chi connectivity index (χ1v) is 7.68. The molecular weight excluding hydrogens is 400 g/mol. The summed E-state index contributed by atoms with van der Waals surface area (Å²) in [6.45, 7) is -1.48. The highest BCUT2D eigenvalue weighted by atomic mass is 16.9. The lowest BCUT2D eigenvalue weighted by Gasteiger charge is -2.44. The minimum atomic E-state index is -3.27. The molecule has 0 saturated carbocycles. The van der Waals surface area contributed by atoms with Gasteiger partial charge in [-0.05, 0) is 0 Å². The Morgan fingerprint density at radius 2 is 0.966 bits per heavy atom. The van der Waals surface area contributed by atoms with Crippen molar-refractivity contribution in [3.8, 4) is 0 Å². The second-order valence-corrected chi connectivity index (χ2v) is 5.47. The van der Waals surface area contributed by atoms with E-state index in [1.807, 2.05) is 0 Å². The lowest BCUT2D eigenvalue weighted by atomic mass is 10.0. The van der Waals surface area contributed by atoms with Crippen LogP contribution in [0.5, 0.6) is 0 Å². The van der Waals surface area contributed by atoms with E-state index in [9.17, 15) is 33.9 Å². The minimum absolute atomic E-state index is 0.576. The molecule has 29 heavy (non-hydrogen) atoms. The molecule has 0 unspecified atom stereocenters. The predicted molar refractivity (Wildman–Crippen MR) is 80.3 cm³/mol. The van der Waals surface area contributed by atoms with Crippen molar-refractivity contribution < 1.29 is 62.3 Å². The van der Waals surface area contributed by atoms with Crippen molar-refractivity contribution in [2.45, 2.75) is 17.9 Å². The van der Waals surface area contributed by atoms with Gasteiger partial charge in [0.2, 0.25) is 0 Å². The Kier molecular flexibility index (Phi) is 4.90. The number of carbonyl (C=O) groups excluding carboxylic acids is 6. The summed E-state index contributed by atoms with van der Waals surface area (Å²) < 4.78 is 29.3. The maximum absolute atomic E-state index is 12.1. The van der Waals surface area contributed by atoms with Crippen LogP contribution < -0.4 is 0 Å². The third-order valence-corrected chi connectivity index (χ3v) is 3.60. The molecule has 13 nitrogen and oxygen atoms in total. The van der Waals surface area contributed by atoms with Gasteiger partial charge in [-0.25, -0.2) is 28.8 Å². The number of aliphatic hydroxyl groups is 1. The zero-order chi connectivity index (χ0) is 21.2. The summed E-state index contributed by atoms with van der Waals surface area (Å²) in [6.07, 6.45) is 1.15. The van der Waals surface area contributed by atoms with Crippen LogP contribution in [0.2, 0.25) is 0 Å². The molecule has 1 N–H and O–H groups in total. The molecule has 0 saturated heterocycles. The lowest BCUT2D eigenvalue weighted by Crippen LogP contribution is -2.71. The highest BCUT2D eigenvalue weighted by Gasteiger charge is 2.73. The Morgan fingerprint density at radius 1 is 0.621 bits per heavy atom. The number of carbonyl (C=O) groups is 6. The molecule has 0 bridgehead atoms. The van der Waals surface area contributed by atoms with Crippen LogP contribution in [0, 0.1) is 0 Å². The fourth-order valence-corrected chi connectivity index (χ4v) is 2.43. The standard InChI is InChI=1S/C16H10O13/c17-7-15(26-10(20)3-4-11(21)27-15)16(28-12(22)5-6-13(23)29-16)14-24-8(18)1-2-9(19)25-14/h1-6,14,17H,7H2. The summed E-state index contributed by atoms with van der Waals surface area (Å²) in [7, 11) is 0. The van der Waals surface area contributed by atoms with Gasteiger partial charge in [-0.3, -0.25) is 0 Å². The van der Waals surface area contributed by atoms with E-state index in [-0.39, 0.29) is 0 Å². The molecule has 0 atom stereocenters. The molecule has 3 rings (SSSR count). The number of hydrogen-bond acceptors (Lipinski definition) is 13. The Balaban J connectivity index is 2.21. The summed E-state index contributed by atoms with van der Waals surface area (Å²) in [5, 5.41) is 9.93. The molecule has 0 aromatic carbocycles. The Labute approximate surface area is 160 Å². The summed E-state index contributed by atoms with van der Waals surface area (Å²) in [5.41, 5.74) is 0. The zero-order valence-electron chi connectivity index (χ0n) is 14.1. The van der Waals surface area contributed by atoms with E-state index in [0.717, 1.165) is 0 Å². The van der Waals surface area contributed by atoms with Crippen LogP contribution in [0.15, 0.2) is 36.5 Å². The molecule has 0 radical (unpaired) electrons. The fourth-order valence-electron chi connectivity index (χ4n) is 2.43. The first kappa shape index (κ1) is 19.8. The summed E-state index contributed by atoms with van der Waals surface area (Å²) in [4.78, 5) is 71.7. The first-order valence-electron chi connectivity index (χ1n) is 7.68. The molecule has 152 valence electrons. The van der Waals surface area contributed by atoms with Gasteiger partial charge in [0.15, 0.2) is 0 Å². The average Bonchev–Trinajstić information content (AvgIpc) is 3.01. The van der Waals surface area contributed by atoms with Crippen LogP contribution in [0.25, 0.3) is 0 Å². The maximum atomic E-state index is 12.1. The van der Waals surface area contributed by atoms with Crippen molar-refractivity contribution in [2.75, 3.05) is 6.61 Å². The van der Waals surface area contributed by atoms with Crippen LogP contribution in [-0.4, -0.2) is 65.4 Å². The molecule has 0 fully saturated rings. The molecule has 0 amide bonds. The van der Waals surface area contributed by atoms with E-state index < -0.39 is 60.3 Å². The first-order chi connectivity index (χ1) is 13.7. The number of aliphatic hydroxyl groups excluding tert-OH is 1. The number of esters is 6. The van der Waals surface area contributed by atoms with E-state index in [1.165, 1.54) is 0 Å². The van der Waals surface area contributed by atoms with Gasteiger partial charge in [-0.15, -0.1) is 0 Å². The quantitative estimate of drug-likeness (QED) is 0.387. The van der Waals surface area contributed by atoms with Crippen molar-refractivity contribution in [2.24, 2.45) is 0 Å². The largest absolute Gasteiger partial charge is 0.414 e. The second-order valence-electron chi connectivity index (χ2n) is 5.47. The van der Waals surface area contributed by atoms with E-state index >= 15 is 0 Å². The van der Waals surface area contributed by atoms with E-state index in [1.54, 1.807) is 0 Å². The third kappa shape index (κ3) is 3.58. The van der Waals surface area contributed by atoms with Crippen LogP contribution >= 0.6 is 0 Å². The van der Waals surface area contributed by atoms with Gasteiger partial charge in [0.25, 0.3) is 0 Å². The normalized spacial score (nSPS) is 23.5. The van der Waals surface area contributed by atoms with E-state index in [2.05, 4.69) is 0 Å². The van der Waals surface area contributed by atoms with Crippen LogP contribution in [0.4, 0.5) is 0 Å². The van der Waals surface area contributed by atoms with Crippen molar-refractivity contribution in [3.63, 3.8) is 0 Å². The van der Waals surface area contributed by atoms with Crippen LogP contribution in [0.3, 0.4) is 0 Å². The molecule has 3 aliphatic rings. The number of rotatable bonds is 3. The van der Waals surface area contributed by atoms with Gasteiger partial charge in [-0.1, -0.05) is 0 Å². The zero-order valence-corrected chi connectivity index (χ0v) is 14.1. The van der Waals surface area contributed by atoms with Crippen molar-refractivity contribution in [3.05, 3.63) is 36.5 Å². The minimum Gasteiger partial charge on any atom is -0.413 e. The highest BCUT2D eigenvalue weighted by Crippen LogP contribution is 2.41. The van der Waals surface area contributed by atoms with Gasteiger partial charge < -0.3 is 33.5 Å². The van der Waals surface area contributed by atoms with Crippen LogP contribution in [-0.2, 0) is 57.2 Å². The number of cyclic esters (lactones) is 6. The van der Waals surface area contributed by atoms with E-state index in [0.29, 0.717) is 36.5 Å². The van der Waals surface area contributed by atoms with Crippen LogP contribution in [0.1, 0.15) is 0 Å². The molecule has 0 spiro atoms. The fraction of sp³-hybridized carbons (Fsp3) is 0.250. The molecule has 13 heteroatoms. The molecule has 3 aliphatic heterocycles. The smallest absolute Gasteiger partial charge is 0.413 e. The van der Waals surface area contributed by atoms with Gasteiger partial charge in [0.1, 0.15) is 6.61 Å². The number of ether oxygens (including phenoxy) is 6. The Morgan fingerprint density at radius 3 is 1.34 bits per heavy atom. The number of hydrogen-bond donors (Lipinski definition) is 1. The molecule has 0 aliphatic carbocycles. The van der Waals surface area contributed by atoms with Gasteiger partial charge in [-0.2, -0.15) is 0 Å². The molecular formula is C16H10O13.